The molecule has 0 aliphatic carbocycles. The normalized spacial score (nSPS) is 18.9. The molecule has 0 aromatic carbocycles. The number of hydrogen-bond acceptors (Lipinski definition) is 4. The fraction of sp³-hybridized carbons (Fsp3) is 0.750. The summed E-state index contributed by atoms with van der Waals surface area (Å²) in [6.07, 6.45) is 0.785. The minimum Gasteiger partial charge on any atom is -0.480 e. The number of nitrogens with one attached hydrogen (secondary N) is 1. The molecule has 0 spiro atoms. The molecule has 8 nitrogen and oxygen atoms in total. The monoisotopic (exact) mass is 286 g/mol. The van der Waals surface area contributed by atoms with Gasteiger partial charge >= 0.3 is 12.0 Å². The summed E-state index contributed by atoms with van der Waals surface area (Å²) in [6.45, 7) is 1.08. The van der Waals surface area contributed by atoms with Crippen molar-refractivity contribution < 1.29 is 19.5 Å². The van der Waals surface area contributed by atoms with Crippen molar-refractivity contribution in [3.63, 3.8) is 0 Å². The Morgan fingerprint density at radius 1 is 1.35 bits per heavy atom. The highest BCUT2D eigenvalue weighted by molar-refractivity contribution is 5.90. The molecule has 1 saturated heterocycles. The van der Waals surface area contributed by atoms with Gasteiger partial charge in [0, 0.05) is 20.1 Å². The molecule has 2 N–H and O–H groups in total. The summed E-state index contributed by atoms with van der Waals surface area (Å²) < 4.78 is 0. The first-order valence-electron chi connectivity index (χ1n) is 6.49. The SMILES string of the molecule is CN(C)CCCN(C)C(=O)N1CC(=O)NCC1C(=O)O. The number of carboxylic acid groups (broad SMARTS) is 1. The minimum absolute atomic E-state index is 0.0502. The molecule has 3 amide bonds. The topological polar surface area (TPSA) is 93.2 Å². The van der Waals surface area contributed by atoms with Crippen LogP contribution in [0, 0.1) is 0 Å². The number of urea groups is 1. The molecule has 0 aromatic heterocycles. The maximum absolute atomic E-state index is 12.2. The number of carboxylic acids is 1. The van der Waals surface area contributed by atoms with Crippen molar-refractivity contribution in [3.8, 4) is 0 Å². The zero-order valence-electron chi connectivity index (χ0n) is 12.1. The number of carbonyl (C=O) groups excluding carboxylic acids is 2. The Kier molecular flexibility index (Phi) is 5.75. The maximum Gasteiger partial charge on any atom is 0.328 e. The molecule has 1 unspecified atom stereocenters. The van der Waals surface area contributed by atoms with Crippen LogP contribution in [0.25, 0.3) is 0 Å². The lowest BCUT2D eigenvalue weighted by Gasteiger charge is -2.35. The number of carbonyl (C=O) groups is 3. The smallest absolute Gasteiger partial charge is 0.328 e. The predicted octanol–water partition coefficient (Wildman–Crippen LogP) is -1.13. The van der Waals surface area contributed by atoms with Crippen LogP contribution in [0.4, 0.5) is 4.79 Å². The number of aliphatic carboxylic acids is 1. The van der Waals surface area contributed by atoms with Crippen molar-refractivity contribution in [2.45, 2.75) is 12.5 Å². The fourth-order valence-corrected chi connectivity index (χ4v) is 2.00. The van der Waals surface area contributed by atoms with Gasteiger partial charge in [0.2, 0.25) is 5.91 Å². The van der Waals surface area contributed by atoms with E-state index in [4.69, 9.17) is 5.11 Å². The third-order valence-corrected chi connectivity index (χ3v) is 3.14. The zero-order chi connectivity index (χ0) is 15.3. The lowest BCUT2D eigenvalue weighted by Crippen LogP contribution is -2.61. The first-order chi connectivity index (χ1) is 9.32. The van der Waals surface area contributed by atoms with Gasteiger partial charge in [-0.3, -0.25) is 9.69 Å². The fourth-order valence-electron chi connectivity index (χ4n) is 2.00. The van der Waals surface area contributed by atoms with Crippen molar-refractivity contribution in [1.82, 2.24) is 20.0 Å². The van der Waals surface area contributed by atoms with Crippen LogP contribution in [-0.2, 0) is 9.59 Å². The van der Waals surface area contributed by atoms with Gasteiger partial charge in [0.1, 0.15) is 12.6 Å². The van der Waals surface area contributed by atoms with E-state index in [9.17, 15) is 14.4 Å². The van der Waals surface area contributed by atoms with Crippen LogP contribution in [-0.4, -0.2) is 91.1 Å². The Hall–Kier alpha value is -1.83. The van der Waals surface area contributed by atoms with Gasteiger partial charge in [0.25, 0.3) is 0 Å². The summed E-state index contributed by atoms with van der Waals surface area (Å²) in [5, 5.41) is 11.6. The first-order valence-corrected chi connectivity index (χ1v) is 6.49. The number of hydrogen-bond donors (Lipinski definition) is 2. The van der Waals surface area contributed by atoms with Gasteiger partial charge in [-0.15, -0.1) is 0 Å². The summed E-state index contributed by atoms with van der Waals surface area (Å²) in [6, 6.07) is -1.43. The maximum atomic E-state index is 12.2. The summed E-state index contributed by atoms with van der Waals surface area (Å²) in [5.41, 5.74) is 0. The molecule has 0 saturated carbocycles. The molecule has 1 heterocycles. The van der Waals surface area contributed by atoms with Crippen LogP contribution in [0.2, 0.25) is 0 Å². The second-order valence-corrected chi connectivity index (χ2v) is 5.15. The van der Waals surface area contributed by atoms with Crippen molar-refractivity contribution >= 4 is 17.9 Å². The van der Waals surface area contributed by atoms with Crippen molar-refractivity contribution in [3.05, 3.63) is 0 Å². The Balaban J connectivity index is 2.61. The minimum atomic E-state index is -1.11. The zero-order valence-corrected chi connectivity index (χ0v) is 12.1. The largest absolute Gasteiger partial charge is 0.480 e. The molecule has 0 aromatic rings. The summed E-state index contributed by atoms with van der Waals surface area (Å²) >= 11 is 0. The highest BCUT2D eigenvalue weighted by Crippen LogP contribution is 2.08. The van der Waals surface area contributed by atoms with E-state index in [0.29, 0.717) is 6.54 Å². The quantitative estimate of drug-likeness (QED) is 0.667. The van der Waals surface area contributed by atoms with Crippen LogP contribution in [0.5, 0.6) is 0 Å². The molecule has 1 atom stereocenters. The molecule has 1 aliphatic rings. The van der Waals surface area contributed by atoms with E-state index in [1.54, 1.807) is 7.05 Å². The third-order valence-electron chi connectivity index (χ3n) is 3.14. The Bertz CT molecular complexity index is 386. The van der Waals surface area contributed by atoms with Gasteiger partial charge in [0.15, 0.2) is 0 Å². The molecule has 114 valence electrons. The molecule has 0 radical (unpaired) electrons. The van der Waals surface area contributed by atoms with Gasteiger partial charge < -0.3 is 20.2 Å². The molecule has 1 aliphatic heterocycles. The predicted molar refractivity (Wildman–Crippen MR) is 72.3 cm³/mol. The van der Waals surface area contributed by atoms with Crippen molar-refractivity contribution in [2.75, 3.05) is 47.3 Å². The second-order valence-electron chi connectivity index (χ2n) is 5.15. The summed E-state index contributed by atoms with van der Waals surface area (Å²) in [5.74, 6) is -1.45. The van der Waals surface area contributed by atoms with E-state index in [-0.39, 0.29) is 19.0 Å². The summed E-state index contributed by atoms with van der Waals surface area (Å²) in [4.78, 5) is 39.3. The average Bonchev–Trinajstić information content (AvgIpc) is 2.36. The highest BCUT2D eigenvalue weighted by Gasteiger charge is 2.36. The van der Waals surface area contributed by atoms with E-state index in [2.05, 4.69) is 5.32 Å². The summed E-state index contributed by atoms with van der Waals surface area (Å²) in [7, 11) is 5.50. The average molecular weight is 286 g/mol. The Morgan fingerprint density at radius 2 is 2.00 bits per heavy atom. The van der Waals surface area contributed by atoms with Gasteiger partial charge in [-0.2, -0.15) is 0 Å². The lowest BCUT2D eigenvalue weighted by molar-refractivity contribution is -0.144. The molecular weight excluding hydrogens is 264 g/mol. The molecular formula is C12H22N4O4. The van der Waals surface area contributed by atoms with Crippen LogP contribution in [0.15, 0.2) is 0 Å². The molecule has 1 rings (SSSR count). The van der Waals surface area contributed by atoms with Crippen LogP contribution in [0.1, 0.15) is 6.42 Å². The number of rotatable bonds is 5. The van der Waals surface area contributed by atoms with E-state index in [0.717, 1.165) is 17.9 Å². The number of amides is 3. The lowest BCUT2D eigenvalue weighted by atomic mass is 10.2. The van der Waals surface area contributed by atoms with E-state index in [1.807, 2.05) is 19.0 Å². The molecule has 8 heteroatoms. The van der Waals surface area contributed by atoms with Gasteiger partial charge in [-0.25, -0.2) is 9.59 Å². The van der Waals surface area contributed by atoms with Crippen molar-refractivity contribution in [2.24, 2.45) is 0 Å². The van der Waals surface area contributed by atoms with Crippen LogP contribution < -0.4 is 5.32 Å². The standard InChI is InChI=1S/C12H22N4O4/c1-14(2)5-4-6-15(3)12(20)16-8-10(17)13-7-9(16)11(18)19/h9H,4-8H2,1-3H3,(H,13,17)(H,18,19). The van der Waals surface area contributed by atoms with E-state index in [1.165, 1.54) is 4.90 Å². The van der Waals surface area contributed by atoms with Crippen LogP contribution >= 0.6 is 0 Å². The Morgan fingerprint density at radius 3 is 2.55 bits per heavy atom. The second kappa shape index (κ2) is 7.09. The van der Waals surface area contributed by atoms with E-state index < -0.39 is 18.0 Å². The van der Waals surface area contributed by atoms with E-state index >= 15 is 0 Å². The molecule has 0 bridgehead atoms. The number of nitrogens with zero attached hydrogens (tertiary/aromatic N) is 3. The van der Waals surface area contributed by atoms with Gasteiger partial charge in [-0.05, 0) is 27.1 Å². The van der Waals surface area contributed by atoms with Crippen LogP contribution in [0.3, 0.4) is 0 Å². The number of piperazine rings is 1. The van der Waals surface area contributed by atoms with Gasteiger partial charge in [0.05, 0.1) is 0 Å². The Labute approximate surface area is 118 Å². The molecule has 1 fully saturated rings. The first kappa shape index (κ1) is 16.2. The third kappa shape index (κ3) is 4.37. The van der Waals surface area contributed by atoms with Crippen molar-refractivity contribution in [1.29, 1.82) is 0 Å². The van der Waals surface area contributed by atoms with Gasteiger partial charge in [-0.1, -0.05) is 0 Å². The molecule has 20 heavy (non-hydrogen) atoms. The highest BCUT2D eigenvalue weighted by atomic mass is 16.4.